The minimum Gasteiger partial charge on any atom is -0.805 e. The lowest BCUT2D eigenvalue weighted by Gasteiger charge is -2.18. The Labute approximate surface area is 119 Å². The van der Waals surface area contributed by atoms with E-state index in [4.69, 9.17) is 0 Å². The molecule has 1 aliphatic rings. The van der Waals surface area contributed by atoms with Gasteiger partial charge < -0.3 is 9.94 Å². The lowest BCUT2D eigenvalue weighted by atomic mass is 10.1. The molecule has 98 valence electrons. The van der Waals surface area contributed by atoms with Crippen molar-refractivity contribution in [1.82, 2.24) is 4.73 Å². The molecule has 4 nitrogen and oxygen atoms in total. The van der Waals surface area contributed by atoms with E-state index >= 15 is 0 Å². The van der Waals surface area contributed by atoms with Crippen LogP contribution in [0.4, 0.5) is 0 Å². The monoisotopic (exact) mass is 320 g/mol. The van der Waals surface area contributed by atoms with Crippen molar-refractivity contribution in [2.24, 2.45) is 0 Å². The summed E-state index contributed by atoms with van der Waals surface area (Å²) >= 11 is 3.37. The lowest BCUT2D eigenvalue weighted by Crippen LogP contribution is -2.28. The normalized spacial score (nSPS) is 13.6. The van der Waals surface area contributed by atoms with Gasteiger partial charge in [-0.2, -0.15) is 0 Å². The summed E-state index contributed by atoms with van der Waals surface area (Å²) in [5.41, 5.74) is 2.96. The van der Waals surface area contributed by atoms with Crippen LogP contribution in [-0.2, 0) is 12.8 Å². The molecule has 0 bridgehead atoms. The van der Waals surface area contributed by atoms with Crippen LogP contribution in [0.3, 0.4) is 0 Å². The highest BCUT2D eigenvalue weighted by atomic mass is 79.9. The van der Waals surface area contributed by atoms with Gasteiger partial charge in [0.15, 0.2) is 0 Å². The van der Waals surface area contributed by atoms with E-state index < -0.39 is 0 Å². The Hall–Kier alpha value is -1.62. The third-order valence-corrected chi connectivity index (χ3v) is 4.15. The molecule has 0 spiro atoms. The van der Waals surface area contributed by atoms with Crippen LogP contribution in [0.2, 0.25) is 0 Å². The van der Waals surface area contributed by atoms with E-state index in [-0.39, 0.29) is 0 Å². The smallest absolute Gasteiger partial charge is 0.289 e. The number of fused-ring (bicyclic) bond motifs is 1. The fraction of sp³-hybridized carbons (Fsp3) is 0.286. The third-order valence-electron chi connectivity index (χ3n) is 3.62. The topological polar surface area (TPSA) is 51.0 Å². The maximum absolute atomic E-state index is 12.5. The zero-order valence-corrected chi connectivity index (χ0v) is 12.1. The van der Waals surface area contributed by atoms with Crippen LogP contribution < -0.4 is 4.43 Å². The first kappa shape index (κ1) is 12.4. The first-order valence-corrected chi connectivity index (χ1v) is 7.02. The summed E-state index contributed by atoms with van der Waals surface area (Å²) < 4.78 is 2.81. The first-order chi connectivity index (χ1) is 9.09. The average molecular weight is 321 g/mol. The second-order valence-electron chi connectivity index (χ2n) is 4.78. The van der Waals surface area contributed by atoms with E-state index in [0.29, 0.717) is 35.6 Å². The SMILES string of the molecule is Cc1c(-c2ccc(Br)cc2)[n+](=O)c2c(n1[O-])CCC2. The minimum absolute atomic E-state index is 0.461. The van der Waals surface area contributed by atoms with Crippen molar-refractivity contribution in [2.45, 2.75) is 26.2 Å². The predicted octanol–water partition coefficient (Wildman–Crippen LogP) is 2.98. The summed E-state index contributed by atoms with van der Waals surface area (Å²) in [4.78, 5) is 12.5. The van der Waals surface area contributed by atoms with E-state index in [1.165, 1.54) is 0 Å². The van der Waals surface area contributed by atoms with Crippen molar-refractivity contribution < 1.29 is 4.43 Å². The average Bonchev–Trinajstić information content (AvgIpc) is 2.88. The first-order valence-electron chi connectivity index (χ1n) is 6.23. The van der Waals surface area contributed by atoms with Gasteiger partial charge in [0.25, 0.3) is 11.4 Å². The summed E-state index contributed by atoms with van der Waals surface area (Å²) in [6, 6.07) is 7.44. The Kier molecular flexibility index (Phi) is 2.93. The highest BCUT2D eigenvalue weighted by molar-refractivity contribution is 9.10. The van der Waals surface area contributed by atoms with Crippen molar-refractivity contribution in [2.75, 3.05) is 0 Å². The van der Waals surface area contributed by atoms with Crippen LogP contribution in [0, 0.1) is 17.0 Å². The van der Waals surface area contributed by atoms with Gasteiger partial charge in [-0.25, -0.2) is 0 Å². The number of benzene rings is 1. The molecule has 0 fully saturated rings. The second kappa shape index (κ2) is 4.49. The van der Waals surface area contributed by atoms with Gasteiger partial charge in [0.05, 0.1) is 21.4 Å². The van der Waals surface area contributed by atoms with Gasteiger partial charge in [-0.15, -0.1) is 0 Å². The van der Waals surface area contributed by atoms with E-state index in [0.717, 1.165) is 25.6 Å². The standard InChI is InChI=1S/C14H13BrN2O2/c1-9-14(10-5-7-11(15)8-6-10)17(19)13-4-2-3-12(13)16(9)18/h5-8H,2-4H2,1H3. The Morgan fingerprint density at radius 3 is 2.63 bits per heavy atom. The Morgan fingerprint density at radius 2 is 1.95 bits per heavy atom. The molecule has 19 heavy (non-hydrogen) atoms. The molecular weight excluding hydrogens is 308 g/mol. The summed E-state index contributed by atoms with van der Waals surface area (Å²) in [5, 5.41) is 12.2. The largest absolute Gasteiger partial charge is 0.805 e. The van der Waals surface area contributed by atoms with Gasteiger partial charge in [-0.3, -0.25) is 0 Å². The quantitative estimate of drug-likeness (QED) is 0.758. The zero-order valence-electron chi connectivity index (χ0n) is 10.5. The van der Waals surface area contributed by atoms with E-state index in [1.54, 1.807) is 6.92 Å². The summed E-state index contributed by atoms with van der Waals surface area (Å²) in [6.07, 6.45) is 2.26. The van der Waals surface area contributed by atoms with E-state index in [2.05, 4.69) is 15.9 Å². The maximum atomic E-state index is 12.5. The van der Waals surface area contributed by atoms with Crippen molar-refractivity contribution in [3.63, 3.8) is 0 Å². The molecule has 0 aliphatic heterocycles. The molecule has 0 atom stereocenters. The molecule has 1 heterocycles. The van der Waals surface area contributed by atoms with Crippen molar-refractivity contribution >= 4 is 15.9 Å². The molecule has 1 aromatic carbocycles. The Morgan fingerprint density at radius 1 is 1.26 bits per heavy atom. The molecule has 2 aromatic rings. The fourth-order valence-electron chi connectivity index (χ4n) is 2.66. The van der Waals surface area contributed by atoms with Crippen molar-refractivity contribution in [1.29, 1.82) is 0 Å². The molecule has 1 aliphatic carbocycles. The number of nitrogens with zero attached hydrogens (tertiary/aromatic N) is 2. The summed E-state index contributed by atoms with van der Waals surface area (Å²) in [7, 11) is 0. The number of halogens is 1. The Balaban J connectivity index is 2.30. The molecule has 0 unspecified atom stereocenters. The number of hydrogen-bond acceptors (Lipinski definition) is 2. The molecule has 5 heteroatoms. The van der Waals surface area contributed by atoms with Crippen molar-refractivity contribution in [3.05, 3.63) is 55.9 Å². The summed E-state index contributed by atoms with van der Waals surface area (Å²) in [5.74, 6) is 0. The second-order valence-corrected chi connectivity index (χ2v) is 5.69. The van der Waals surface area contributed by atoms with Gasteiger partial charge in [-0.05, 0) is 44.0 Å². The van der Waals surface area contributed by atoms with Crippen LogP contribution in [0.1, 0.15) is 23.5 Å². The Bertz CT molecular complexity index is 705. The lowest BCUT2D eigenvalue weighted by molar-refractivity contribution is -0.493. The van der Waals surface area contributed by atoms with Gasteiger partial charge in [0.2, 0.25) is 0 Å². The zero-order chi connectivity index (χ0) is 13.6. The maximum Gasteiger partial charge on any atom is 0.289 e. The van der Waals surface area contributed by atoms with Gasteiger partial charge in [-0.1, -0.05) is 15.9 Å². The molecule has 3 rings (SSSR count). The van der Waals surface area contributed by atoms with Crippen LogP contribution >= 0.6 is 15.9 Å². The predicted molar refractivity (Wildman–Crippen MR) is 76.5 cm³/mol. The molecular formula is C14H13BrN2O2. The van der Waals surface area contributed by atoms with Gasteiger partial charge >= 0.3 is 0 Å². The molecule has 0 radical (unpaired) electrons. The van der Waals surface area contributed by atoms with Crippen LogP contribution in [-0.4, -0.2) is 4.73 Å². The van der Waals surface area contributed by atoms with Crippen molar-refractivity contribution in [3.8, 4) is 11.3 Å². The molecule has 0 saturated heterocycles. The molecule has 1 aromatic heterocycles. The van der Waals surface area contributed by atoms with Crippen LogP contribution in [0.15, 0.2) is 28.7 Å². The fourth-order valence-corrected chi connectivity index (χ4v) is 2.93. The third kappa shape index (κ3) is 1.89. The number of hydrogen-bond donors (Lipinski definition) is 0. The number of aromatic nitrogens is 2. The van der Waals surface area contributed by atoms with Crippen LogP contribution in [0.5, 0.6) is 0 Å². The van der Waals surface area contributed by atoms with Gasteiger partial charge in [0, 0.05) is 15.8 Å². The van der Waals surface area contributed by atoms with E-state index in [9.17, 15) is 10.1 Å². The molecule has 0 N–H and O–H groups in total. The number of rotatable bonds is 1. The highest BCUT2D eigenvalue weighted by Crippen LogP contribution is 2.26. The minimum atomic E-state index is 0.461. The summed E-state index contributed by atoms with van der Waals surface area (Å²) in [6.45, 7) is 1.71. The molecule has 0 saturated carbocycles. The van der Waals surface area contributed by atoms with Crippen LogP contribution in [0.25, 0.3) is 11.3 Å². The molecule has 0 amide bonds. The highest BCUT2D eigenvalue weighted by Gasteiger charge is 2.29. The van der Waals surface area contributed by atoms with E-state index in [1.807, 2.05) is 24.3 Å². The van der Waals surface area contributed by atoms with Gasteiger partial charge in [0.1, 0.15) is 0 Å².